The minimum atomic E-state index is -0.833. The standard InChI is InChI=1S/C2H4O2.FH.H3N/c1-2(3)4;;/h1H3,(H,3,4);1H;1H3. The van der Waals surface area contributed by atoms with Gasteiger partial charge in [-0.2, -0.15) is 0 Å². The van der Waals surface area contributed by atoms with E-state index in [1.165, 1.54) is 0 Å². The van der Waals surface area contributed by atoms with E-state index >= 15 is 0 Å². The number of hydrogen-bond donors (Lipinski definition) is 2. The monoisotopic (exact) mass is 97.1 g/mol. The topological polar surface area (TPSA) is 72.3 Å². The van der Waals surface area contributed by atoms with Crippen molar-refractivity contribution in [3.05, 3.63) is 0 Å². The number of carboxylic acid groups (broad SMARTS) is 1. The van der Waals surface area contributed by atoms with Gasteiger partial charge in [-0.3, -0.25) is 9.50 Å². The van der Waals surface area contributed by atoms with Crippen LogP contribution in [-0.2, 0) is 4.79 Å². The average Bonchev–Trinajstić information content (AvgIpc) is 0.811. The smallest absolute Gasteiger partial charge is 0.300 e. The number of aliphatic carboxylic acids is 1. The van der Waals surface area contributed by atoms with Crippen LogP contribution in [0.4, 0.5) is 4.70 Å². The number of carbonyl (C=O) groups is 1. The van der Waals surface area contributed by atoms with E-state index in [1.54, 1.807) is 0 Å². The molecular formula is C2H8FNO2. The fourth-order valence-electron chi connectivity index (χ4n) is 0. The molecule has 0 spiro atoms. The molecule has 4 N–H and O–H groups in total. The van der Waals surface area contributed by atoms with Crippen LogP contribution < -0.4 is 6.15 Å². The van der Waals surface area contributed by atoms with Crippen molar-refractivity contribution in [2.75, 3.05) is 0 Å². The first-order valence-corrected chi connectivity index (χ1v) is 0.928. The van der Waals surface area contributed by atoms with Crippen molar-refractivity contribution in [1.82, 2.24) is 6.15 Å². The molecule has 6 heavy (non-hydrogen) atoms. The van der Waals surface area contributed by atoms with Crippen LogP contribution in [-0.4, -0.2) is 11.1 Å². The summed E-state index contributed by atoms with van der Waals surface area (Å²) in [5, 5.41) is 7.42. The summed E-state index contributed by atoms with van der Waals surface area (Å²) in [7, 11) is 0. The van der Waals surface area contributed by atoms with Crippen molar-refractivity contribution < 1.29 is 14.6 Å². The molecule has 0 aliphatic rings. The average molecular weight is 97.1 g/mol. The highest BCUT2D eigenvalue weighted by Gasteiger charge is 1.65. The van der Waals surface area contributed by atoms with Gasteiger partial charge in [0.2, 0.25) is 0 Å². The SMILES string of the molecule is CC(=O)O.F.N. The minimum absolute atomic E-state index is 0. The summed E-state index contributed by atoms with van der Waals surface area (Å²) >= 11 is 0. The van der Waals surface area contributed by atoms with Crippen LogP contribution >= 0.6 is 0 Å². The van der Waals surface area contributed by atoms with Gasteiger partial charge < -0.3 is 11.3 Å². The first kappa shape index (κ1) is 18.3. The van der Waals surface area contributed by atoms with E-state index in [4.69, 9.17) is 9.90 Å². The summed E-state index contributed by atoms with van der Waals surface area (Å²) in [6.45, 7) is 1.08. The van der Waals surface area contributed by atoms with Gasteiger partial charge in [-0.1, -0.05) is 0 Å². The predicted octanol–water partition coefficient (Wildman–Crippen LogP) is 0.405. The molecule has 0 rings (SSSR count). The number of carboxylic acids is 1. The molecule has 0 heterocycles. The van der Waals surface area contributed by atoms with Gasteiger partial charge in [0, 0.05) is 6.92 Å². The third kappa shape index (κ3) is 45.7. The third-order valence-electron chi connectivity index (χ3n) is 0. The van der Waals surface area contributed by atoms with E-state index in [0.717, 1.165) is 6.92 Å². The molecule has 0 saturated heterocycles. The second kappa shape index (κ2) is 8.84. The lowest BCUT2D eigenvalue weighted by molar-refractivity contribution is -0.134. The lowest BCUT2D eigenvalue weighted by atomic mass is 10.9. The molecule has 0 aromatic carbocycles. The van der Waals surface area contributed by atoms with E-state index < -0.39 is 5.97 Å². The van der Waals surface area contributed by atoms with Gasteiger partial charge in [-0.15, -0.1) is 0 Å². The zero-order valence-corrected chi connectivity index (χ0v) is 3.47. The lowest BCUT2D eigenvalue weighted by Crippen LogP contribution is -1.78. The van der Waals surface area contributed by atoms with E-state index in [9.17, 15) is 0 Å². The summed E-state index contributed by atoms with van der Waals surface area (Å²) in [5.41, 5.74) is 0. The summed E-state index contributed by atoms with van der Waals surface area (Å²) in [5.74, 6) is -0.833. The van der Waals surface area contributed by atoms with Gasteiger partial charge >= 0.3 is 0 Å². The van der Waals surface area contributed by atoms with Gasteiger partial charge in [-0.25, -0.2) is 0 Å². The number of halogens is 1. The summed E-state index contributed by atoms with van der Waals surface area (Å²) < 4.78 is 0. The first-order valence-electron chi connectivity index (χ1n) is 0.928. The first-order chi connectivity index (χ1) is 1.73. The Bertz CT molecular complexity index is 34.5. The zero-order valence-electron chi connectivity index (χ0n) is 3.47. The van der Waals surface area contributed by atoms with E-state index in [1.807, 2.05) is 0 Å². The molecule has 3 nitrogen and oxygen atoms in total. The Balaban J connectivity index is -0.0000000450. The quantitative estimate of drug-likeness (QED) is 0.459. The Morgan fingerprint density at radius 2 is 1.67 bits per heavy atom. The molecule has 0 fully saturated rings. The second-order valence-corrected chi connectivity index (χ2v) is 0.519. The molecule has 40 valence electrons. The molecular weight excluding hydrogens is 89.0 g/mol. The Morgan fingerprint density at radius 3 is 1.67 bits per heavy atom. The molecule has 0 aromatic heterocycles. The van der Waals surface area contributed by atoms with Crippen molar-refractivity contribution in [1.29, 1.82) is 0 Å². The van der Waals surface area contributed by atoms with Crippen molar-refractivity contribution in [3.8, 4) is 0 Å². The molecule has 4 heteroatoms. The van der Waals surface area contributed by atoms with Crippen LogP contribution in [0.25, 0.3) is 0 Å². The number of rotatable bonds is 0. The fourth-order valence-corrected chi connectivity index (χ4v) is 0. The molecule has 0 radical (unpaired) electrons. The molecule has 0 amide bonds. The van der Waals surface area contributed by atoms with Crippen molar-refractivity contribution in [2.45, 2.75) is 6.92 Å². The highest BCUT2D eigenvalue weighted by atomic mass is 19.0. The van der Waals surface area contributed by atoms with Gasteiger partial charge in [-0.05, 0) is 0 Å². The van der Waals surface area contributed by atoms with Gasteiger partial charge in [0.05, 0.1) is 0 Å². The molecule has 0 unspecified atom stereocenters. The van der Waals surface area contributed by atoms with Crippen molar-refractivity contribution in [3.63, 3.8) is 0 Å². The molecule has 0 atom stereocenters. The Morgan fingerprint density at radius 1 is 1.67 bits per heavy atom. The summed E-state index contributed by atoms with van der Waals surface area (Å²) in [6, 6.07) is 0. The van der Waals surface area contributed by atoms with Crippen LogP contribution in [0.15, 0.2) is 0 Å². The maximum atomic E-state index is 9.00. The normalized spacial score (nSPS) is 4.17. The second-order valence-electron chi connectivity index (χ2n) is 0.519. The van der Waals surface area contributed by atoms with Crippen LogP contribution in [0.1, 0.15) is 6.92 Å². The highest BCUT2D eigenvalue weighted by Crippen LogP contribution is 1.42. The van der Waals surface area contributed by atoms with Crippen LogP contribution in [0.2, 0.25) is 0 Å². The molecule has 0 aliphatic heterocycles. The van der Waals surface area contributed by atoms with Gasteiger partial charge in [0.25, 0.3) is 5.97 Å². The Kier molecular flexibility index (Phi) is 26.9. The Hall–Kier alpha value is -0.640. The predicted molar refractivity (Wildman–Crippen MR) is 20.8 cm³/mol. The summed E-state index contributed by atoms with van der Waals surface area (Å²) in [6.07, 6.45) is 0. The molecule has 0 saturated carbocycles. The third-order valence-corrected chi connectivity index (χ3v) is 0. The molecule has 0 bridgehead atoms. The zero-order chi connectivity index (χ0) is 3.58. The molecule has 0 aromatic rings. The van der Waals surface area contributed by atoms with Gasteiger partial charge in [0.15, 0.2) is 0 Å². The van der Waals surface area contributed by atoms with Crippen LogP contribution in [0, 0.1) is 0 Å². The minimum Gasteiger partial charge on any atom is -0.481 e. The molecule has 0 aliphatic carbocycles. The van der Waals surface area contributed by atoms with E-state index in [-0.39, 0.29) is 10.9 Å². The largest absolute Gasteiger partial charge is 0.481 e. The van der Waals surface area contributed by atoms with Crippen molar-refractivity contribution in [2.24, 2.45) is 0 Å². The van der Waals surface area contributed by atoms with Crippen LogP contribution in [0.3, 0.4) is 0 Å². The Labute approximate surface area is 34.9 Å². The van der Waals surface area contributed by atoms with E-state index in [2.05, 4.69) is 0 Å². The summed E-state index contributed by atoms with van der Waals surface area (Å²) in [4.78, 5) is 9.00. The highest BCUT2D eigenvalue weighted by molar-refractivity contribution is 5.62. The van der Waals surface area contributed by atoms with Gasteiger partial charge in [0.1, 0.15) is 0 Å². The van der Waals surface area contributed by atoms with Crippen LogP contribution in [0.5, 0.6) is 0 Å². The van der Waals surface area contributed by atoms with E-state index in [0.29, 0.717) is 0 Å². The lowest BCUT2D eigenvalue weighted by Gasteiger charge is -1.59. The fraction of sp³-hybridized carbons (Fsp3) is 0.500. The maximum absolute atomic E-state index is 9.00. The number of hydrogen-bond acceptors (Lipinski definition) is 2. The van der Waals surface area contributed by atoms with Crippen molar-refractivity contribution >= 4 is 5.97 Å². The maximum Gasteiger partial charge on any atom is 0.300 e.